The van der Waals surface area contributed by atoms with Crippen LogP contribution >= 0.6 is 23.4 Å². The monoisotopic (exact) mass is 340 g/mol. The first-order chi connectivity index (χ1) is 10.3. The Balaban J connectivity index is 2.04. The highest BCUT2D eigenvalue weighted by atomic mass is 35.5. The molecule has 0 saturated heterocycles. The SMILES string of the molecule is Cc1cc(N)nc(S[C@H](C)C(=O)Nc2ccc(F)c(Cl)c2)n1. The molecular weight excluding hydrogens is 327 g/mol. The van der Waals surface area contributed by atoms with Crippen molar-refractivity contribution in [2.45, 2.75) is 24.3 Å². The number of aryl methyl sites for hydroxylation is 1. The second-order valence-corrected chi connectivity index (χ2v) is 6.31. The van der Waals surface area contributed by atoms with Crippen LogP contribution in [0.15, 0.2) is 29.4 Å². The van der Waals surface area contributed by atoms with Crippen LogP contribution in [0.5, 0.6) is 0 Å². The summed E-state index contributed by atoms with van der Waals surface area (Å²) in [5.74, 6) is -0.449. The average Bonchev–Trinajstić information content (AvgIpc) is 2.41. The number of carbonyl (C=O) groups is 1. The van der Waals surface area contributed by atoms with E-state index in [2.05, 4.69) is 15.3 Å². The number of hydrogen-bond donors (Lipinski definition) is 2. The highest BCUT2D eigenvalue weighted by Crippen LogP contribution is 2.23. The Morgan fingerprint density at radius 3 is 2.77 bits per heavy atom. The number of nitrogens with two attached hydrogens (primary N) is 1. The van der Waals surface area contributed by atoms with Crippen LogP contribution < -0.4 is 11.1 Å². The van der Waals surface area contributed by atoms with Crippen LogP contribution in [0, 0.1) is 12.7 Å². The van der Waals surface area contributed by atoms with Gasteiger partial charge < -0.3 is 11.1 Å². The fourth-order valence-electron chi connectivity index (χ4n) is 1.65. The van der Waals surface area contributed by atoms with Gasteiger partial charge in [-0.15, -0.1) is 0 Å². The van der Waals surface area contributed by atoms with Crippen molar-refractivity contribution in [3.63, 3.8) is 0 Å². The maximum Gasteiger partial charge on any atom is 0.237 e. The van der Waals surface area contributed by atoms with Crippen molar-refractivity contribution in [1.82, 2.24) is 9.97 Å². The smallest absolute Gasteiger partial charge is 0.237 e. The number of nitrogen functional groups attached to an aromatic ring is 1. The van der Waals surface area contributed by atoms with Crippen molar-refractivity contribution >= 4 is 40.8 Å². The van der Waals surface area contributed by atoms with Crippen LogP contribution in [0.2, 0.25) is 5.02 Å². The molecule has 0 aliphatic carbocycles. The van der Waals surface area contributed by atoms with Gasteiger partial charge in [0, 0.05) is 17.4 Å². The summed E-state index contributed by atoms with van der Waals surface area (Å²) in [6, 6.07) is 5.64. The first kappa shape index (κ1) is 16.5. The fraction of sp³-hybridized carbons (Fsp3) is 0.214. The summed E-state index contributed by atoms with van der Waals surface area (Å²) in [6.45, 7) is 3.51. The number of benzene rings is 1. The summed E-state index contributed by atoms with van der Waals surface area (Å²) in [6.07, 6.45) is 0. The summed E-state index contributed by atoms with van der Waals surface area (Å²) in [5.41, 5.74) is 6.80. The first-order valence-corrected chi connectivity index (χ1v) is 7.64. The van der Waals surface area contributed by atoms with Gasteiger partial charge in [0.2, 0.25) is 5.91 Å². The normalized spacial score (nSPS) is 12.0. The van der Waals surface area contributed by atoms with Gasteiger partial charge in [0.05, 0.1) is 10.3 Å². The topological polar surface area (TPSA) is 80.9 Å². The maximum absolute atomic E-state index is 13.1. The second-order valence-electron chi connectivity index (χ2n) is 4.59. The maximum atomic E-state index is 13.1. The lowest BCUT2D eigenvalue weighted by molar-refractivity contribution is -0.115. The Kier molecular flexibility index (Phi) is 5.20. The first-order valence-electron chi connectivity index (χ1n) is 6.39. The number of nitrogens with zero attached hydrogens (tertiary/aromatic N) is 2. The predicted octanol–water partition coefficient (Wildman–Crippen LogP) is 3.28. The van der Waals surface area contributed by atoms with Gasteiger partial charge in [-0.2, -0.15) is 0 Å². The molecule has 2 rings (SSSR count). The molecule has 1 aromatic carbocycles. The molecule has 0 radical (unpaired) electrons. The van der Waals surface area contributed by atoms with Gasteiger partial charge in [0.1, 0.15) is 11.6 Å². The van der Waals surface area contributed by atoms with E-state index in [0.717, 1.165) is 5.69 Å². The van der Waals surface area contributed by atoms with E-state index in [1.54, 1.807) is 19.9 Å². The van der Waals surface area contributed by atoms with E-state index in [1.165, 1.54) is 30.0 Å². The third kappa shape index (κ3) is 4.32. The molecule has 0 fully saturated rings. The fourth-order valence-corrected chi connectivity index (χ4v) is 2.66. The van der Waals surface area contributed by atoms with Crippen molar-refractivity contribution in [2.75, 3.05) is 11.1 Å². The molecule has 2 aromatic rings. The predicted molar refractivity (Wildman–Crippen MR) is 86.5 cm³/mol. The molecule has 22 heavy (non-hydrogen) atoms. The molecule has 5 nitrogen and oxygen atoms in total. The number of halogens is 2. The van der Waals surface area contributed by atoms with E-state index in [1.807, 2.05) is 0 Å². The molecule has 0 spiro atoms. The Morgan fingerprint density at radius 1 is 1.41 bits per heavy atom. The highest BCUT2D eigenvalue weighted by Gasteiger charge is 2.17. The molecule has 1 aromatic heterocycles. The Hall–Kier alpha value is -1.86. The number of rotatable bonds is 4. The molecule has 1 atom stereocenters. The summed E-state index contributed by atoms with van der Waals surface area (Å²) in [5, 5.41) is 2.59. The van der Waals surface area contributed by atoms with Crippen LogP contribution in [0.3, 0.4) is 0 Å². The molecule has 116 valence electrons. The van der Waals surface area contributed by atoms with Gasteiger partial charge in [0.15, 0.2) is 5.16 Å². The van der Waals surface area contributed by atoms with Crippen LogP contribution in [0.25, 0.3) is 0 Å². The van der Waals surface area contributed by atoms with Gasteiger partial charge in [-0.1, -0.05) is 23.4 Å². The lowest BCUT2D eigenvalue weighted by atomic mass is 10.3. The summed E-state index contributed by atoms with van der Waals surface area (Å²) in [7, 11) is 0. The third-order valence-corrected chi connectivity index (χ3v) is 3.94. The van der Waals surface area contributed by atoms with Crippen molar-refractivity contribution < 1.29 is 9.18 Å². The number of aromatic nitrogens is 2. The van der Waals surface area contributed by atoms with Crippen LogP contribution in [0.1, 0.15) is 12.6 Å². The van der Waals surface area contributed by atoms with E-state index in [4.69, 9.17) is 17.3 Å². The number of nitrogens with one attached hydrogen (secondary N) is 1. The number of hydrogen-bond acceptors (Lipinski definition) is 5. The molecule has 8 heteroatoms. The van der Waals surface area contributed by atoms with Crippen molar-refractivity contribution in [3.8, 4) is 0 Å². The van der Waals surface area contributed by atoms with Crippen molar-refractivity contribution in [2.24, 2.45) is 0 Å². The van der Waals surface area contributed by atoms with Gasteiger partial charge >= 0.3 is 0 Å². The van der Waals surface area contributed by atoms with Crippen molar-refractivity contribution in [3.05, 3.63) is 40.8 Å². The van der Waals surface area contributed by atoms with Crippen LogP contribution in [0.4, 0.5) is 15.9 Å². The van der Waals surface area contributed by atoms with Crippen LogP contribution in [-0.4, -0.2) is 21.1 Å². The Labute approximate surface area is 136 Å². The van der Waals surface area contributed by atoms with Gasteiger partial charge in [-0.3, -0.25) is 4.79 Å². The molecular formula is C14H14ClFN4OS. The van der Waals surface area contributed by atoms with Gasteiger partial charge in [-0.05, 0) is 32.0 Å². The number of thioether (sulfide) groups is 1. The van der Waals surface area contributed by atoms with E-state index >= 15 is 0 Å². The number of carbonyl (C=O) groups excluding carboxylic acids is 1. The summed E-state index contributed by atoms with van der Waals surface area (Å²) < 4.78 is 13.1. The standard InChI is InChI=1S/C14H14ClFN4OS/c1-7-5-12(17)20-14(18-7)22-8(2)13(21)19-9-3-4-11(16)10(15)6-9/h3-6,8H,1-2H3,(H,19,21)(H2,17,18,20)/t8-/m1/s1. The van der Waals surface area contributed by atoms with E-state index in [9.17, 15) is 9.18 Å². The number of amides is 1. The minimum Gasteiger partial charge on any atom is -0.384 e. The second kappa shape index (κ2) is 6.93. The lowest BCUT2D eigenvalue weighted by Crippen LogP contribution is -2.22. The molecule has 0 bridgehead atoms. The lowest BCUT2D eigenvalue weighted by Gasteiger charge is -2.12. The quantitative estimate of drug-likeness (QED) is 0.659. The average molecular weight is 341 g/mol. The summed E-state index contributed by atoms with van der Waals surface area (Å²) >= 11 is 6.86. The zero-order valence-electron chi connectivity index (χ0n) is 11.9. The molecule has 0 aliphatic heterocycles. The minimum absolute atomic E-state index is 0.0482. The molecule has 3 N–H and O–H groups in total. The Morgan fingerprint density at radius 2 is 2.14 bits per heavy atom. The largest absolute Gasteiger partial charge is 0.384 e. The van der Waals surface area contributed by atoms with Crippen LogP contribution in [-0.2, 0) is 4.79 Å². The molecule has 1 heterocycles. The van der Waals surface area contributed by atoms with E-state index in [-0.39, 0.29) is 10.9 Å². The zero-order chi connectivity index (χ0) is 16.3. The third-order valence-electron chi connectivity index (χ3n) is 2.69. The molecule has 0 unspecified atom stereocenters. The Bertz CT molecular complexity index is 693. The minimum atomic E-state index is -0.536. The van der Waals surface area contributed by atoms with Gasteiger partial charge in [0.25, 0.3) is 0 Å². The van der Waals surface area contributed by atoms with Crippen molar-refractivity contribution in [1.29, 1.82) is 0 Å². The van der Waals surface area contributed by atoms with E-state index in [0.29, 0.717) is 16.7 Å². The highest BCUT2D eigenvalue weighted by molar-refractivity contribution is 8.00. The van der Waals surface area contributed by atoms with Gasteiger partial charge in [-0.25, -0.2) is 14.4 Å². The summed E-state index contributed by atoms with van der Waals surface area (Å²) in [4.78, 5) is 20.4. The van der Waals surface area contributed by atoms with E-state index < -0.39 is 11.1 Å². The molecule has 0 aliphatic rings. The number of anilines is 2. The molecule has 1 amide bonds. The molecule has 0 saturated carbocycles. The zero-order valence-corrected chi connectivity index (χ0v) is 13.5.